The smallest absolute Gasteiger partial charge is 0.338 e. The van der Waals surface area contributed by atoms with E-state index in [9.17, 15) is 9.59 Å². The average Bonchev–Trinajstić information content (AvgIpc) is 3.21. The first-order valence-electron chi connectivity index (χ1n) is 11.5. The third kappa shape index (κ3) is 4.01. The van der Waals surface area contributed by atoms with E-state index in [0.717, 1.165) is 55.2 Å². The summed E-state index contributed by atoms with van der Waals surface area (Å²) in [7, 11) is 3.13. The van der Waals surface area contributed by atoms with Crippen molar-refractivity contribution in [2.24, 2.45) is 5.92 Å². The Morgan fingerprint density at radius 1 is 1.00 bits per heavy atom. The molecule has 2 aromatic rings. The highest BCUT2D eigenvalue weighted by Gasteiger charge is 2.49. The molecular formula is C26H28O7. The summed E-state index contributed by atoms with van der Waals surface area (Å²) in [6, 6.07) is 9.22. The molecule has 2 aliphatic carbocycles. The Labute approximate surface area is 192 Å². The number of hydrogen-bond donors (Lipinski definition) is 0. The largest absolute Gasteiger partial charge is 0.493 e. The second kappa shape index (κ2) is 8.61. The Morgan fingerprint density at radius 2 is 1.76 bits per heavy atom. The number of ether oxygens (including phenoxy) is 5. The third-order valence-electron chi connectivity index (χ3n) is 6.83. The van der Waals surface area contributed by atoms with Gasteiger partial charge in [-0.1, -0.05) is 25.0 Å². The molecule has 0 spiro atoms. The molecule has 0 aromatic heterocycles. The lowest BCUT2D eigenvalue weighted by molar-refractivity contribution is -0.157. The summed E-state index contributed by atoms with van der Waals surface area (Å²) in [5.74, 6) is 1.05. The number of carbonyl (C=O) groups excluding carboxylic acids is 2. The van der Waals surface area contributed by atoms with Gasteiger partial charge in [0.15, 0.2) is 11.5 Å². The van der Waals surface area contributed by atoms with E-state index in [4.69, 9.17) is 23.7 Å². The predicted molar refractivity (Wildman–Crippen MR) is 120 cm³/mol. The van der Waals surface area contributed by atoms with Gasteiger partial charge in [-0.2, -0.15) is 0 Å². The van der Waals surface area contributed by atoms with Gasteiger partial charge in [0.2, 0.25) is 5.75 Å². The molecule has 174 valence electrons. The van der Waals surface area contributed by atoms with Crippen molar-refractivity contribution in [1.29, 1.82) is 0 Å². The fraction of sp³-hybridized carbons (Fsp3) is 0.462. The predicted octanol–water partition coefficient (Wildman–Crippen LogP) is 4.69. The van der Waals surface area contributed by atoms with Gasteiger partial charge in [0, 0.05) is 11.1 Å². The Kier molecular flexibility index (Phi) is 5.64. The van der Waals surface area contributed by atoms with Crippen LogP contribution in [0, 0.1) is 5.92 Å². The van der Waals surface area contributed by atoms with Crippen molar-refractivity contribution < 1.29 is 33.3 Å². The number of hydrogen-bond acceptors (Lipinski definition) is 7. The summed E-state index contributed by atoms with van der Waals surface area (Å²) in [6.07, 6.45) is 5.53. The highest BCUT2D eigenvalue weighted by atomic mass is 16.6. The molecule has 0 atom stereocenters. The monoisotopic (exact) mass is 452 g/mol. The van der Waals surface area contributed by atoms with Gasteiger partial charge in [-0.3, -0.25) is 4.79 Å². The summed E-state index contributed by atoms with van der Waals surface area (Å²) in [4.78, 5) is 24.7. The maximum absolute atomic E-state index is 12.6. The molecule has 0 saturated heterocycles. The molecule has 7 nitrogen and oxygen atoms in total. The zero-order valence-electron chi connectivity index (χ0n) is 19.0. The van der Waals surface area contributed by atoms with E-state index in [1.165, 1.54) is 0 Å². The second-order valence-corrected chi connectivity index (χ2v) is 8.96. The van der Waals surface area contributed by atoms with Crippen molar-refractivity contribution in [3.63, 3.8) is 0 Å². The molecule has 7 heteroatoms. The molecule has 33 heavy (non-hydrogen) atoms. The van der Waals surface area contributed by atoms with Crippen LogP contribution in [0.2, 0.25) is 0 Å². The number of rotatable bonds is 8. The minimum absolute atomic E-state index is 0.00818. The number of fused-ring (bicyclic) bond motifs is 1. The highest BCUT2D eigenvalue weighted by molar-refractivity contribution is 5.96. The maximum atomic E-state index is 12.6. The Morgan fingerprint density at radius 3 is 2.45 bits per heavy atom. The van der Waals surface area contributed by atoms with Gasteiger partial charge in [0.25, 0.3) is 0 Å². The van der Waals surface area contributed by atoms with Gasteiger partial charge in [0.1, 0.15) is 18.8 Å². The molecule has 2 saturated carbocycles. The number of cyclic esters (lactones) is 1. The van der Waals surface area contributed by atoms with Crippen LogP contribution in [0.25, 0.3) is 11.1 Å². The van der Waals surface area contributed by atoms with Crippen molar-refractivity contribution in [2.45, 2.75) is 50.7 Å². The van der Waals surface area contributed by atoms with Crippen LogP contribution in [0.3, 0.4) is 0 Å². The average molecular weight is 453 g/mol. The molecule has 1 heterocycles. The van der Waals surface area contributed by atoms with Crippen molar-refractivity contribution in [3.05, 3.63) is 41.5 Å². The maximum Gasteiger partial charge on any atom is 0.338 e. The zero-order valence-corrected chi connectivity index (χ0v) is 19.0. The van der Waals surface area contributed by atoms with E-state index in [1.807, 2.05) is 24.3 Å². The summed E-state index contributed by atoms with van der Waals surface area (Å²) < 4.78 is 28.6. The third-order valence-corrected chi connectivity index (χ3v) is 6.83. The zero-order chi connectivity index (χ0) is 23.0. The van der Waals surface area contributed by atoms with Gasteiger partial charge in [-0.05, 0) is 49.4 Å². The first kappa shape index (κ1) is 21.6. The molecular weight excluding hydrogens is 424 g/mol. The van der Waals surface area contributed by atoms with Crippen LogP contribution >= 0.6 is 0 Å². The van der Waals surface area contributed by atoms with Crippen molar-refractivity contribution in [2.75, 3.05) is 20.8 Å². The van der Waals surface area contributed by atoms with Crippen LogP contribution < -0.4 is 14.2 Å². The molecule has 0 bridgehead atoms. The van der Waals surface area contributed by atoms with E-state index in [2.05, 4.69) is 0 Å². The Bertz CT molecular complexity index is 1080. The molecule has 2 fully saturated rings. The molecule has 1 aliphatic heterocycles. The van der Waals surface area contributed by atoms with Gasteiger partial charge in [-0.15, -0.1) is 0 Å². The molecule has 0 unspecified atom stereocenters. The number of methoxy groups -OCH3 is 2. The minimum Gasteiger partial charge on any atom is -0.493 e. The SMILES string of the molecule is COc1ccc(-c2cccc3c2COC3=O)c(OCC2(OC(=O)C3CCCC3)CC2)c1OC. The van der Waals surface area contributed by atoms with E-state index in [0.29, 0.717) is 22.8 Å². The van der Waals surface area contributed by atoms with Crippen molar-refractivity contribution in [3.8, 4) is 28.4 Å². The normalized spacial score (nSPS) is 18.4. The van der Waals surface area contributed by atoms with Crippen molar-refractivity contribution in [1.82, 2.24) is 0 Å². The molecule has 0 radical (unpaired) electrons. The fourth-order valence-corrected chi connectivity index (χ4v) is 4.73. The summed E-state index contributed by atoms with van der Waals surface area (Å²) in [5, 5.41) is 0. The number of esters is 2. The Hall–Kier alpha value is -3.22. The van der Waals surface area contributed by atoms with Crippen molar-refractivity contribution >= 4 is 11.9 Å². The first-order chi connectivity index (χ1) is 16.0. The molecule has 0 amide bonds. The van der Waals surface area contributed by atoms with E-state index >= 15 is 0 Å². The lowest BCUT2D eigenvalue weighted by Gasteiger charge is -2.23. The van der Waals surface area contributed by atoms with Crippen LogP contribution in [0.15, 0.2) is 30.3 Å². The van der Waals surface area contributed by atoms with Gasteiger partial charge >= 0.3 is 11.9 Å². The first-order valence-corrected chi connectivity index (χ1v) is 11.5. The van der Waals surface area contributed by atoms with Crippen LogP contribution in [0.5, 0.6) is 17.2 Å². The quantitative estimate of drug-likeness (QED) is 0.538. The van der Waals surface area contributed by atoms with E-state index in [-0.39, 0.29) is 31.1 Å². The number of carbonyl (C=O) groups is 2. The van der Waals surface area contributed by atoms with E-state index in [1.54, 1.807) is 20.3 Å². The molecule has 5 rings (SSSR count). The van der Waals surface area contributed by atoms with E-state index < -0.39 is 5.60 Å². The van der Waals surface area contributed by atoms with Gasteiger partial charge < -0.3 is 23.7 Å². The molecule has 2 aromatic carbocycles. The van der Waals surface area contributed by atoms with Crippen LogP contribution in [-0.4, -0.2) is 38.4 Å². The Balaban J connectivity index is 1.46. The lowest BCUT2D eigenvalue weighted by Crippen LogP contribution is -2.30. The molecule has 3 aliphatic rings. The summed E-state index contributed by atoms with van der Waals surface area (Å²) in [5.41, 5.74) is 2.37. The topological polar surface area (TPSA) is 80.3 Å². The lowest BCUT2D eigenvalue weighted by atomic mass is 9.95. The number of benzene rings is 2. The minimum atomic E-state index is -0.595. The van der Waals surface area contributed by atoms with Gasteiger partial charge in [0.05, 0.1) is 25.7 Å². The van der Waals surface area contributed by atoms with Crippen LogP contribution in [-0.2, 0) is 20.9 Å². The summed E-state index contributed by atoms with van der Waals surface area (Å²) >= 11 is 0. The van der Waals surface area contributed by atoms with Crippen LogP contribution in [0.1, 0.15) is 54.4 Å². The summed E-state index contributed by atoms with van der Waals surface area (Å²) in [6.45, 7) is 0.438. The second-order valence-electron chi connectivity index (χ2n) is 8.96. The van der Waals surface area contributed by atoms with Crippen LogP contribution in [0.4, 0.5) is 0 Å². The fourth-order valence-electron chi connectivity index (χ4n) is 4.73. The highest BCUT2D eigenvalue weighted by Crippen LogP contribution is 2.48. The standard InChI is InChI=1S/C26H28O7/c1-29-21-11-10-18(17-8-5-9-19-20(17)14-31-25(19)28)22(23(21)30-2)32-15-26(12-13-26)33-24(27)16-6-3-4-7-16/h5,8-11,16H,3-4,6-7,12-15H2,1-2H3. The van der Waals surface area contributed by atoms with Gasteiger partial charge in [-0.25, -0.2) is 4.79 Å². The molecule has 0 N–H and O–H groups in total.